The lowest BCUT2D eigenvalue weighted by Gasteiger charge is -2.20. The Balaban J connectivity index is 2.04. The number of aliphatic imine (C=N–C) groups is 1. The second-order valence-electron chi connectivity index (χ2n) is 6.57. The minimum absolute atomic E-state index is 0.0466. The van der Waals surface area contributed by atoms with Crippen molar-refractivity contribution >= 4 is 5.96 Å². The first-order valence-electron chi connectivity index (χ1n) is 10.0. The molecule has 0 bridgehead atoms. The van der Waals surface area contributed by atoms with E-state index in [0.717, 1.165) is 23.0 Å². The van der Waals surface area contributed by atoms with Crippen molar-refractivity contribution in [3.8, 4) is 11.5 Å². The molecule has 0 spiro atoms. The van der Waals surface area contributed by atoms with Crippen LogP contribution in [0.15, 0.2) is 47.5 Å². The van der Waals surface area contributed by atoms with Crippen LogP contribution in [0.5, 0.6) is 11.5 Å². The molecule has 0 aliphatic heterocycles. The maximum absolute atomic E-state index is 5.74. The van der Waals surface area contributed by atoms with Gasteiger partial charge in [-0.3, -0.25) is 4.99 Å². The molecule has 6 nitrogen and oxygen atoms in total. The Bertz CT molecular complexity index is 793. The highest BCUT2D eigenvalue weighted by atomic mass is 16.5. The van der Waals surface area contributed by atoms with E-state index in [1.165, 1.54) is 11.1 Å². The molecule has 1 atom stereocenters. The van der Waals surface area contributed by atoms with Gasteiger partial charge in [-0.15, -0.1) is 0 Å². The van der Waals surface area contributed by atoms with Gasteiger partial charge in [-0.25, -0.2) is 0 Å². The van der Waals surface area contributed by atoms with Crippen LogP contribution in [0.1, 0.15) is 43.5 Å². The Labute approximate surface area is 174 Å². The molecular formula is C23H33N3O3. The Morgan fingerprint density at radius 2 is 1.69 bits per heavy atom. The van der Waals surface area contributed by atoms with E-state index in [1.807, 2.05) is 44.2 Å². The number of methoxy groups -OCH3 is 1. The Kier molecular flexibility index (Phi) is 9.31. The van der Waals surface area contributed by atoms with Crippen molar-refractivity contribution < 1.29 is 14.2 Å². The molecule has 0 aromatic heterocycles. The highest BCUT2D eigenvalue weighted by molar-refractivity contribution is 5.80. The summed E-state index contributed by atoms with van der Waals surface area (Å²) in [5.74, 6) is 2.26. The van der Waals surface area contributed by atoms with Crippen LogP contribution in [-0.4, -0.2) is 33.3 Å². The van der Waals surface area contributed by atoms with E-state index in [2.05, 4.69) is 34.7 Å². The maximum atomic E-state index is 5.74. The third kappa shape index (κ3) is 6.68. The molecule has 0 heterocycles. The first-order chi connectivity index (χ1) is 14.1. The lowest BCUT2D eigenvalue weighted by molar-refractivity contribution is 0.184. The third-order valence-corrected chi connectivity index (χ3v) is 4.51. The van der Waals surface area contributed by atoms with Crippen molar-refractivity contribution in [1.29, 1.82) is 0 Å². The average Bonchev–Trinajstić information content (AvgIpc) is 2.73. The highest BCUT2D eigenvalue weighted by Gasteiger charge is 2.13. The van der Waals surface area contributed by atoms with Crippen LogP contribution in [0.4, 0.5) is 0 Å². The van der Waals surface area contributed by atoms with Crippen molar-refractivity contribution in [2.45, 2.75) is 40.0 Å². The lowest BCUT2D eigenvalue weighted by atomic mass is 10.1. The van der Waals surface area contributed by atoms with Gasteiger partial charge in [0.05, 0.1) is 25.9 Å². The monoisotopic (exact) mass is 399 g/mol. The van der Waals surface area contributed by atoms with E-state index < -0.39 is 0 Å². The number of rotatable bonds is 10. The van der Waals surface area contributed by atoms with E-state index in [9.17, 15) is 0 Å². The number of benzene rings is 2. The van der Waals surface area contributed by atoms with E-state index in [1.54, 1.807) is 14.2 Å². The summed E-state index contributed by atoms with van der Waals surface area (Å²) in [7, 11) is 3.48. The van der Waals surface area contributed by atoms with E-state index in [4.69, 9.17) is 14.2 Å². The smallest absolute Gasteiger partial charge is 0.191 e. The molecule has 2 rings (SSSR count). The summed E-state index contributed by atoms with van der Waals surface area (Å²) in [5.41, 5.74) is 3.45. The molecule has 158 valence electrons. The maximum Gasteiger partial charge on any atom is 0.191 e. The number of hydrogen-bond acceptors (Lipinski definition) is 4. The van der Waals surface area contributed by atoms with Crippen LogP contribution >= 0.6 is 0 Å². The Morgan fingerprint density at radius 1 is 1.00 bits per heavy atom. The van der Waals surface area contributed by atoms with Crippen LogP contribution in [0.3, 0.4) is 0 Å². The summed E-state index contributed by atoms with van der Waals surface area (Å²) < 4.78 is 16.7. The van der Waals surface area contributed by atoms with Gasteiger partial charge in [-0.1, -0.05) is 30.3 Å². The average molecular weight is 400 g/mol. The van der Waals surface area contributed by atoms with Crippen LogP contribution in [0.2, 0.25) is 0 Å². The largest absolute Gasteiger partial charge is 0.490 e. The minimum atomic E-state index is 0.0466. The van der Waals surface area contributed by atoms with Gasteiger partial charge in [0.25, 0.3) is 0 Å². The summed E-state index contributed by atoms with van der Waals surface area (Å²) in [4.78, 5) is 4.36. The number of guanidine groups is 1. The van der Waals surface area contributed by atoms with Crippen LogP contribution in [0.25, 0.3) is 0 Å². The van der Waals surface area contributed by atoms with Gasteiger partial charge in [0.15, 0.2) is 17.5 Å². The summed E-state index contributed by atoms with van der Waals surface area (Å²) in [6, 6.07) is 14.3. The molecule has 0 amide bonds. The van der Waals surface area contributed by atoms with E-state index in [-0.39, 0.29) is 6.04 Å². The molecule has 2 N–H and O–H groups in total. The van der Waals surface area contributed by atoms with Gasteiger partial charge in [0, 0.05) is 20.7 Å². The summed E-state index contributed by atoms with van der Waals surface area (Å²) in [5, 5.41) is 6.82. The predicted octanol–water partition coefficient (Wildman–Crippen LogP) is 4.06. The van der Waals surface area contributed by atoms with Crippen molar-refractivity contribution in [2.24, 2.45) is 4.99 Å². The fourth-order valence-corrected chi connectivity index (χ4v) is 3.03. The summed E-state index contributed by atoms with van der Waals surface area (Å²) >= 11 is 0. The lowest BCUT2D eigenvalue weighted by Crippen LogP contribution is -2.38. The number of hydrogen-bond donors (Lipinski definition) is 2. The third-order valence-electron chi connectivity index (χ3n) is 4.51. The quantitative estimate of drug-likeness (QED) is 0.466. The predicted molar refractivity (Wildman–Crippen MR) is 118 cm³/mol. The number of ether oxygens (including phenoxy) is 3. The van der Waals surface area contributed by atoms with Crippen LogP contribution < -0.4 is 20.1 Å². The second kappa shape index (κ2) is 12.0. The van der Waals surface area contributed by atoms with Crippen molar-refractivity contribution in [3.63, 3.8) is 0 Å². The van der Waals surface area contributed by atoms with Gasteiger partial charge in [-0.05, 0) is 49.6 Å². The number of nitrogens with one attached hydrogen (secondary N) is 2. The SMILES string of the molecule is CCOc1ccc(C(C)NC(=NC)NCc2ccccc2COC)cc1OCC. The van der Waals surface area contributed by atoms with Gasteiger partial charge in [0.2, 0.25) is 0 Å². The first-order valence-corrected chi connectivity index (χ1v) is 10.0. The summed E-state index contributed by atoms with van der Waals surface area (Å²) in [6.07, 6.45) is 0. The van der Waals surface area contributed by atoms with Gasteiger partial charge >= 0.3 is 0 Å². The normalized spacial score (nSPS) is 12.4. The van der Waals surface area contributed by atoms with E-state index >= 15 is 0 Å². The molecule has 0 fully saturated rings. The molecule has 2 aromatic carbocycles. The molecule has 0 aliphatic carbocycles. The second-order valence-corrected chi connectivity index (χ2v) is 6.57. The van der Waals surface area contributed by atoms with Crippen molar-refractivity contribution in [1.82, 2.24) is 10.6 Å². The van der Waals surface area contributed by atoms with Gasteiger partial charge < -0.3 is 24.8 Å². The molecule has 0 saturated carbocycles. The molecule has 6 heteroatoms. The minimum Gasteiger partial charge on any atom is -0.490 e. The molecule has 0 saturated heterocycles. The van der Waals surface area contributed by atoms with Gasteiger partial charge in [-0.2, -0.15) is 0 Å². The molecule has 2 aromatic rings. The summed E-state index contributed by atoms with van der Waals surface area (Å²) in [6.45, 7) is 8.48. The molecule has 0 radical (unpaired) electrons. The highest BCUT2D eigenvalue weighted by Crippen LogP contribution is 2.30. The standard InChI is InChI=1S/C23H33N3O3/c1-6-28-21-13-12-18(14-22(21)29-7-2)17(3)26-23(24-4)25-15-19-10-8-9-11-20(19)16-27-5/h8-14,17H,6-7,15-16H2,1-5H3,(H2,24,25,26). The molecule has 0 aliphatic rings. The van der Waals surface area contributed by atoms with E-state index in [0.29, 0.717) is 26.4 Å². The first kappa shape index (κ1) is 22.6. The zero-order valence-electron chi connectivity index (χ0n) is 18.1. The van der Waals surface area contributed by atoms with Crippen LogP contribution in [-0.2, 0) is 17.9 Å². The molecular weight excluding hydrogens is 366 g/mol. The Morgan fingerprint density at radius 3 is 2.34 bits per heavy atom. The molecule has 29 heavy (non-hydrogen) atoms. The fourth-order valence-electron chi connectivity index (χ4n) is 3.03. The van der Waals surface area contributed by atoms with Crippen molar-refractivity contribution in [3.05, 3.63) is 59.2 Å². The number of nitrogens with zero attached hydrogens (tertiary/aromatic N) is 1. The fraction of sp³-hybridized carbons (Fsp3) is 0.435. The zero-order chi connectivity index (χ0) is 21.1. The van der Waals surface area contributed by atoms with Gasteiger partial charge in [0.1, 0.15) is 0 Å². The topological polar surface area (TPSA) is 64.1 Å². The molecule has 1 unspecified atom stereocenters. The van der Waals surface area contributed by atoms with Crippen LogP contribution in [0, 0.1) is 0 Å². The zero-order valence-corrected chi connectivity index (χ0v) is 18.1. The Hall–Kier alpha value is -2.73. The van der Waals surface area contributed by atoms with Crippen molar-refractivity contribution in [2.75, 3.05) is 27.4 Å².